The molecule has 0 N–H and O–H groups in total. The van der Waals surface area contributed by atoms with Crippen molar-refractivity contribution in [2.24, 2.45) is 11.8 Å². The molecule has 0 aromatic heterocycles. The van der Waals surface area contributed by atoms with Crippen LogP contribution in [0.5, 0.6) is 0 Å². The molecule has 10 heteroatoms. The predicted octanol–water partition coefficient (Wildman–Crippen LogP) is 2.46. The summed E-state index contributed by atoms with van der Waals surface area (Å²) in [4.78, 5) is 51.1. The van der Waals surface area contributed by atoms with Gasteiger partial charge < -0.3 is 9.47 Å². The molecule has 32 heavy (non-hydrogen) atoms. The van der Waals surface area contributed by atoms with E-state index in [4.69, 9.17) is 32.7 Å². The second-order valence-electron chi connectivity index (χ2n) is 8.17. The van der Waals surface area contributed by atoms with Crippen molar-refractivity contribution in [3.05, 3.63) is 69.7 Å². The third kappa shape index (κ3) is 2.58. The number of halogens is 2. The Morgan fingerprint density at radius 2 is 0.875 bits per heavy atom. The number of rotatable bonds is 2. The minimum absolute atomic E-state index is 0.499. The van der Waals surface area contributed by atoms with E-state index in [0.29, 0.717) is 21.2 Å². The summed E-state index contributed by atoms with van der Waals surface area (Å²) < 4.78 is 9.99. The summed E-state index contributed by atoms with van der Waals surface area (Å²) in [7, 11) is 0. The first kappa shape index (κ1) is 19.9. The van der Waals surface area contributed by atoms with Gasteiger partial charge in [-0.1, -0.05) is 47.5 Å². The van der Waals surface area contributed by atoms with Gasteiger partial charge in [0, 0.05) is 10.0 Å². The molecule has 162 valence electrons. The van der Waals surface area contributed by atoms with Gasteiger partial charge in [0.05, 0.1) is 12.1 Å². The summed E-state index contributed by atoms with van der Waals surface area (Å²) in [5.74, 6) is -4.50. The molecule has 6 rings (SSSR count). The summed E-state index contributed by atoms with van der Waals surface area (Å²) in [5.41, 5.74) is 1.34. The fourth-order valence-corrected chi connectivity index (χ4v) is 5.70. The number of carbonyl (C=O) groups is 4. The van der Waals surface area contributed by atoms with E-state index >= 15 is 0 Å². The maximum Gasteiger partial charge on any atom is 0.333 e. The Labute approximate surface area is 191 Å². The van der Waals surface area contributed by atoms with Gasteiger partial charge >= 0.3 is 23.9 Å². The van der Waals surface area contributed by atoms with Crippen LogP contribution in [0.3, 0.4) is 0 Å². The van der Waals surface area contributed by atoms with Gasteiger partial charge in [0.25, 0.3) is 0 Å². The highest BCUT2D eigenvalue weighted by Crippen LogP contribution is 2.58. The quantitative estimate of drug-likeness (QED) is 0.485. The normalized spacial score (nSPS) is 33.8. The van der Waals surface area contributed by atoms with E-state index in [-0.39, 0.29) is 0 Å². The van der Waals surface area contributed by atoms with E-state index in [1.54, 1.807) is 58.5 Å². The first-order valence-corrected chi connectivity index (χ1v) is 10.7. The molecule has 4 heterocycles. The number of esters is 4. The van der Waals surface area contributed by atoms with Crippen molar-refractivity contribution < 1.29 is 28.7 Å². The fraction of sp³-hybridized carbons (Fsp3) is 0.273. The van der Waals surface area contributed by atoms with Crippen LogP contribution in [0.15, 0.2) is 48.5 Å². The van der Waals surface area contributed by atoms with Crippen LogP contribution in [0.1, 0.15) is 23.2 Å². The highest BCUT2D eigenvalue weighted by atomic mass is 35.5. The zero-order valence-electron chi connectivity index (χ0n) is 16.2. The van der Waals surface area contributed by atoms with Crippen LogP contribution in [0.25, 0.3) is 0 Å². The van der Waals surface area contributed by atoms with E-state index in [1.807, 2.05) is 0 Å². The molecule has 0 spiro atoms. The fourth-order valence-electron chi connectivity index (χ4n) is 5.44. The number of cyclic esters (lactones) is 4. The number of hydrogen-bond acceptors (Lipinski definition) is 8. The number of nitrogens with zero attached hydrogens (tertiary/aromatic N) is 2. The molecule has 4 fully saturated rings. The van der Waals surface area contributed by atoms with Crippen molar-refractivity contribution in [3.63, 3.8) is 0 Å². The van der Waals surface area contributed by atoms with Gasteiger partial charge in [-0.25, -0.2) is 19.6 Å². The van der Waals surface area contributed by atoms with E-state index in [9.17, 15) is 19.2 Å². The molecule has 2 aromatic rings. The lowest BCUT2D eigenvalue weighted by atomic mass is 9.84. The monoisotopic (exact) mass is 472 g/mol. The van der Waals surface area contributed by atoms with Crippen LogP contribution in [0, 0.1) is 11.8 Å². The Hall–Kier alpha value is -2.78. The second-order valence-corrected chi connectivity index (χ2v) is 9.05. The Bertz CT molecular complexity index is 1090. The number of carbonyl (C=O) groups excluding carboxylic acids is 4. The van der Waals surface area contributed by atoms with Crippen LogP contribution in [-0.2, 0) is 28.7 Å². The molecule has 4 aliphatic heterocycles. The molecular weight excluding hydrogens is 459 g/mol. The van der Waals surface area contributed by atoms with Crippen molar-refractivity contribution in [2.45, 2.75) is 24.2 Å². The summed E-state index contributed by atoms with van der Waals surface area (Å²) in [6.45, 7) is 0. The molecule has 8 nitrogen and oxygen atoms in total. The third-order valence-corrected chi connectivity index (χ3v) is 7.12. The second kappa shape index (κ2) is 6.86. The van der Waals surface area contributed by atoms with Crippen molar-refractivity contribution >= 4 is 47.1 Å². The molecule has 0 radical (unpaired) electrons. The lowest BCUT2D eigenvalue weighted by molar-refractivity contribution is -0.167. The molecular formula is C22H14Cl2N2O6. The molecule has 4 saturated heterocycles. The van der Waals surface area contributed by atoms with Gasteiger partial charge in [-0.05, 0) is 35.4 Å². The van der Waals surface area contributed by atoms with Crippen molar-refractivity contribution in [1.29, 1.82) is 0 Å². The molecule has 0 unspecified atom stereocenters. The Kier molecular flexibility index (Phi) is 4.26. The topological polar surface area (TPSA) is 93.2 Å². The molecule has 0 saturated carbocycles. The van der Waals surface area contributed by atoms with Crippen LogP contribution < -0.4 is 0 Å². The van der Waals surface area contributed by atoms with Gasteiger partial charge in [0.2, 0.25) is 0 Å². The van der Waals surface area contributed by atoms with E-state index in [2.05, 4.69) is 0 Å². The largest absolute Gasteiger partial charge is 0.392 e. The zero-order chi connectivity index (χ0) is 22.3. The zero-order valence-corrected chi connectivity index (χ0v) is 17.7. The van der Waals surface area contributed by atoms with E-state index < -0.39 is 59.9 Å². The molecule has 2 aromatic carbocycles. The van der Waals surface area contributed by atoms with Crippen LogP contribution >= 0.6 is 23.2 Å². The van der Waals surface area contributed by atoms with E-state index in [0.717, 1.165) is 0 Å². The lowest BCUT2D eigenvalue weighted by Gasteiger charge is -2.33. The van der Waals surface area contributed by atoms with Gasteiger partial charge in [-0.2, -0.15) is 0 Å². The van der Waals surface area contributed by atoms with Crippen molar-refractivity contribution in [1.82, 2.24) is 10.0 Å². The molecule has 6 atom stereocenters. The Balaban J connectivity index is 1.56. The van der Waals surface area contributed by atoms with Gasteiger partial charge in [0.1, 0.15) is 23.9 Å². The highest BCUT2D eigenvalue weighted by molar-refractivity contribution is 6.30. The number of ether oxygens (including phenoxy) is 2. The van der Waals surface area contributed by atoms with E-state index in [1.165, 1.54) is 0 Å². The summed E-state index contributed by atoms with van der Waals surface area (Å²) >= 11 is 12.1. The summed E-state index contributed by atoms with van der Waals surface area (Å²) in [6.07, 6.45) is 0. The van der Waals surface area contributed by atoms with Gasteiger partial charge in [0.15, 0.2) is 0 Å². The number of hydrogen-bond donors (Lipinski definition) is 0. The standard InChI is InChI=1S/C22H14Cl2N2O6/c23-11-5-1-9(2-6-11)15-13-17(21(29)31-19(13)27)26-16(10-3-7-12(24)8-4-10)14-18(25(15)26)22(30)32-20(14)28/h1-8,13-18H/t13-,14-,15-,16+,17+,18-/m1/s1. The lowest BCUT2D eigenvalue weighted by Crippen LogP contribution is -2.45. The van der Waals surface area contributed by atoms with Crippen molar-refractivity contribution in [3.8, 4) is 0 Å². The van der Waals surface area contributed by atoms with Gasteiger partial charge in [-0.15, -0.1) is 0 Å². The third-order valence-electron chi connectivity index (χ3n) is 6.62. The first-order valence-electron chi connectivity index (χ1n) is 9.95. The smallest absolute Gasteiger partial charge is 0.333 e. The van der Waals surface area contributed by atoms with Crippen LogP contribution in [0.4, 0.5) is 0 Å². The Morgan fingerprint density at radius 3 is 1.22 bits per heavy atom. The number of hydrazine groups is 1. The molecule has 4 aliphatic rings. The first-order chi connectivity index (χ1) is 15.4. The molecule has 0 amide bonds. The average molecular weight is 473 g/mol. The minimum Gasteiger partial charge on any atom is -0.392 e. The predicted molar refractivity (Wildman–Crippen MR) is 109 cm³/mol. The minimum atomic E-state index is -0.977. The molecule has 0 bridgehead atoms. The van der Waals surface area contributed by atoms with Gasteiger partial charge in [-0.3, -0.25) is 9.59 Å². The highest BCUT2D eigenvalue weighted by Gasteiger charge is 2.72. The van der Waals surface area contributed by atoms with Crippen LogP contribution in [-0.4, -0.2) is 46.0 Å². The van der Waals surface area contributed by atoms with Crippen molar-refractivity contribution in [2.75, 3.05) is 0 Å². The summed E-state index contributed by atoms with van der Waals surface area (Å²) in [6, 6.07) is 10.2. The maximum absolute atomic E-state index is 12.8. The summed E-state index contributed by atoms with van der Waals surface area (Å²) in [5, 5.41) is 4.32. The number of benzene rings is 2. The SMILES string of the molecule is O=C1OC(=O)[C@@H]2[C@H]1[C@@H](c1ccc(Cl)cc1)N1[C@H]3C(=O)OC(=O)[C@@H]3[C@H](c3ccc(Cl)cc3)N21. The number of fused-ring (bicyclic) bond motifs is 5. The average Bonchev–Trinajstić information content (AvgIpc) is 3.43. The van der Waals surface area contributed by atoms with Crippen LogP contribution in [0.2, 0.25) is 10.0 Å². The molecule has 0 aliphatic carbocycles. The maximum atomic E-state index is 12.8. The Morgan fingerprint density at radius 1 is 0.531 bits per heavy atom.